The van der Waals surface area contributed by atoms with Gasteiger partial charge >= 0.3 is 0 Å². The molecule has 2 N–H and O–H groups in total. The molecule has 0 aromatic carbocycles. The van der Waals surface area contributed by atoms with Gasteiger partial charge in [0.05, 0.1) is 5.69 Å². The van der Waals surface area contributed by atoms with E-state index >= 15 is 0 Å². The lowest BCUT2D eigenvalue weighted by atomic mass is 9.90. The Balaban J connectivity index is 1.20. The molecule has 0 unspecified atom stereocenters. The van der Waals surface area contributed by atoms with Crippen LogP contribution in [-0.4, -0.2) is 60.0 Å². The molecule has 2 aromatic heterocycles. The van der Waals surface area contributed by atoms with Crippen LogP contribution in [0.2, 0.25) is 0 Å². The van der Waals surface area contributed by atoms with Gasteiger partial charge in [-0.05, 0) is 68.7 Å². The second-order valence-electron chi connectivity index (χ2n) is 9.54. The second kappa shape index (κ2) is 9.25. The highest BCUT2D eigenvalue weighted by Crippen LogP contribution is 2.37. The molecular weight excluding hydrogens is 421 g/mol. The molecule has 1 saturated carbocycles. The third-order valence-corrected chi connectivity index (χ3v) is 7.68. The number of hydrogen-bond donors (Lipinski definition) is 2. The van der Waals surface area contributed by atoms with Crippen LogP contribution >= 0.6 is 0 Å². The third kappa shape index (κ3) is 4.40. The van der Waals surface area contributed by atoms with Gasteiger partial charge in [-0.25, -0.2) is 4.98 Å². The molecule has 0 spiro atoms. The van der Waals surface area contributed by atoms with Gasteiger partial charge in [0, 0.05) is 56.4 Å². The van der Waals surface area contributed by atoms with E-state index in [1.807, 2.05) is 4.90 Å². The van der Waals surface area contributed by atoms with Gasteiger partial charge in [0.1, 0.15) is 5.69 Å². The van der Waals surface area contributed by atoms with Gasteiger partial charge in [-0.1, -0.05) is 0 Å². The molecular formula is C25H32FN5O2. The highest BCUT2D eigenvalue weighted by atomic mass is 19.1. The molecule has 3 aliphatic rings. The zero-order chi connectivity index (χ0) is 22.9. The molecule has 1 saturated heterocycles. The summed E-state index contributed by atoms with van der Waals surface area (Å²) in [6, 6.07) is 5.99. The van der Waals surface area contributed by atoms with E-state index in [1.54, 1.807) is 12.1 Å². The van der Waals surface area contributed by atoms with Gasteiger partial charge in [0.2, 0.25) is 5.95 Å². The minimum absolute atomic E-state index is 0.0922. The van der Waals surface area contributed by atoms with E-state index in [9.17, 15) is 14.0 Å². The van der Waals surface area contributed by atoms with Crippen molar-refractivity contribution in [3.63, 3.8) is 0 Å². The maximum atomic E-state index is 14.5. The number of aromatic amines is 1. The Morgan fingerprint density at radius 1 is 1.15 bits per heavy atom. The Hall–Kier alpha value is -2.74. The molecule has 0 bridgehead atoms. The summed E-state index contributed by atoms with van der Waals surface area (Å²) < 4.78 is 14.5. The Labute approximate surface area is 193 Å². The van der Waals surface area contributed by atoms with Crippen molar-refractivity contribution < 1.29 is 9.18 Å². The summed E-state index contributed by atoms with van der Waals surface area (Å²) in [6.45, 7) is 3.20. The number of aromatic nitrogens is 2. The maximum Gasteiger partial charge on any atom is 0.269 e. The largest absolute Gasteiger partial charge is 0.365 e. The first-order valence-corrected chi connectivity index (χ1v) is 12.2. The molecule has 3 heterocycles. The normalized spacial score (nSPS) is 23.4. The smallest absolute Gasteiger partial charge is 0.269 e. The van der Waals surface area contributed by atoms with Crippen LogP contribution in [0.1, 0.15) is 65.3 Å². The minimum atomic E-state index is -0.596. The Morgan fingerprint density at radius 2 is 1.94 bits per heavy atom. The molecule has 2 atom stereocenters. The number of rotatable bonds is 4. The number of aryl methyl sites for hydroxylation is 1. The standard InChI is InChI=1S/C25H32FN5O2/c1-27-25(33)20-8-9-22(23(26)28-20)31-12-10-30(11-13-31)18-7-6-17(14-18)21-15-16-4-2-3-5-19(16)24(32)29-21/h8-9,15,17-18H,2-7,10-14H2,1H3,(H,27,33)(H,29,32)/t17-,18-/m1/s1. The van der Waals surface area contributed by atoms with Crippen LogP contribution < -0.4 is 15.8 Å². The number of hydrogen-bond acceptors (Lipinski definition) is 5. The molecule has 2 fully saturated rings. The number of carbonyl (C=O) groups excluding carboxylic acids is 1. The van der Waals surface area contributed by atoms with E-state index in [4.69, 9.17) is 0 Å². The fourth-order valence-corrected chi connectivity index (χ4v) is 5.81. The highest BCUT2D eigenvalue weighted by Gasteiger charge is 2.33. The van der Waals surface area contributed by atoms with Crippen molar-refractivity contribution in [1.29, 1.82) is 0 Å². The number of anilines is 1. The van der Waals surface area contributed by atoms with Crippen molar-refractivity contribution in [2.24, 2.45) is 0 Å². The van der Waals surface area contributed by atoms with E-state index in [0.717, 1.165) is 76.0 Å². The van der Waals surface area contributed by atoms with Crippen LogP contribution in [0.4, 0.5) is 10.1 Å². The van der Waals surface area contributed by atoms with Crippen molar-refractivity contribution in [1.82, 2.24) is 20.2 Å². The summed E-state index contributed by atoms with van der Waals surface area (Å²) in [5.41, 5.74) is 4.05. The number of fused-ring (bicyclic) bond motifs is 1. The summed E-state index contributed by atoms with van der Waals surface area (Å²) in [6.07, 6.45) is 7.52. The first kappa shape index (κ1) is 22.1. The number of H-pyrrole nitrogens is 1. The molecule has 8 heteroatoms. The Morgan fingerprint density at radius 3 is 2.70 bits per heavy atom. The maximum absolute atomic E-state index is 14.5. The lowest BCUT2D eigenvalue weighted by Gasteiger charge is -2.39. The van der Waals surface area contributed by atoms with Gasteiger partial charge < -0.3 is 15.2 Å². The summed E-state index contributed by atoms with van der Waals surface area (Å²) in [5.74, 6) is -0.574. The van der Waals surface area contributed by atoms with Crippen molar-refractivity contribution >= 4 is 11.6 Å². The van der Waals surface area contributed by atoms with Crippen LogP contribution in [0.25, 0.3) is 0 Å². The number of nitrogens with one attached hydrogen (secondary N) is 2. The van der Waals surface area contributed by atoms with Crippen molar-refractivity contribution in [2.45, 2.75) is 56.9 Å². The monoisotopic (exact) mass is 453 g/mol. The fraction of sp³-hybridized carbons (Fsp3) is 0.560. The quantitative estimate of drug-likeness (QED) is 0.696. The molecule has 2 aliphatic carbocycles. The number of halogens is 1. The zero-order valence-corrected chi connectivity index (χ0v) is 19.2. The van der Waals surface area contributed by atoms with Crippen LogP contribution in [0.5, 0.6) is 0 Å². The average molecular weight is 454 g/mol. The van der Waals surface area contributed by atoms with Gasteiger partial charge in [0.25, 0.3) is 11.5 Å². The summed E-state index contributed by atoms with van der Waals surface area (Å²) >= 11 is 0. The van der Waals surface area contributed by atoms with Crippen LogP contribution in [0.3, 0.4) is 0 Å². The zero-order valence-electron chi connectivity index (χ0n) is 19.2. The average Bonchev–Trinajstić information content (AvgIpc) is 3.34. The number of nitrogens with zero attached hydrogens (tertiary/aromatic N) is 3. The number of amides is 1. The second-order valence-corrected chi connectivity index (χ2v) is 9.54. The Kier molecular flexibility index (Phi) is 6.19. The third-order valence-electron chi connectivity index (χ3n) is 7.68. The Bertz CT molecular complexity index is 1090. The van der Waals surface area contributed by atoms with Crippen LogP contribution in [0, 0.1) is 5.95 Å². The first-order valence-electron chi connectivity index (χ1n) is 12.2. The van der Waals surface area contributed by atoms with Crippen LogP contribution in [-0.2, 0) is 12.8 Å². The van der Waals surface area contributed by atoms with Crippen LogP contribution in [0.15, 0.2) is 23.0 Å². The molecule has 0 radical (unpaired) electrons. The number of carbonyl (C=O) groups is 1. The molecule has 1 aliphatic heterocycles. The lowest BCUT2D eigenvalue weighted by Crippen LogP contribution is -2.50. The van der Waals surface area contributed by atoms with Gasteiger partial charge in [-0.3, -0.25) is 14.5 Å². The summed E-state index contributed by atoms with van der Waals surface area (Å²) in [7, 11) is 1.51. The molecule has 176 valence electrons. The first-order chi connectivity index (χ1) is 16.0. The van der Waals surface area contributed by atoms with Crippen molar-refractivity contribution in [3.05, 3.63) is 57.0 Å². The highest BCUT2D eigenvalue weighted by molar-refractivity contribution is 5.92. The SMILES string of the molecule is CNC(=O)c1ccc(N2CCN([C@@H]3CC[C@@H](c4cc5c(c(=O)[nH]4)CCCC5)C3)CC2)c(F)n1. The summed E-state index contributed by atoms with van der Waals surface area (Å²) in [4.78, 5) is 35.8. The predicted molar refractivity (Wildman–Crippen MR) is 125 cm³/mol. The van der Waals surface area contributed by atoms with Gasteiger partial charge in [0.15, 0.2) is 0 Å². The molecule has 7 nitrogen and oxygen atoms in total. The molecule has 1 amide bonds. The van der Waals surface area contributed by atoms with E-state index in [-0.39, 0.29) is 17.2 Å². The molecule has 5 rings (SSSR count). The van der Waals surface area contributed by atoms with E-state index < -0.39 is 5.95 Å². The molecule has 33 heavy (non-hydrogen) atoms. The van der Waals surface area contributed by atoms with Gasteiger partial charge in [-0.2, -0.15) is 4.39 Å². The van der Waals surface area contributed by atoms with Gasteiger partial charge in [-0.15, -0.1) is 0 Å². The number of pyridine rings is 2. The van der Waals surface area contributed by atoms with E-state index in [1.165, 1.54) is 19.0 Å². The predicted octanol–water partition coefficient (Wildman–Crippen LogP) is 2.61. The minimum Gasteiger partial charge on any atom is -0.365 e. The summed E-state index contributed by atoms with van der Waals surface area (Å²) in [5, 5.41) is 2.47. The fourth-order valence-electron chi connectivity index (χ4n) is 5.81. The van der Waals surface area contributed by atoms with Crippen molar-refractivity contribution in [2.75, 3.05) is 38.1 Å². The van der Waals surface area contributed by atoms with E-state index in [0.29, 0.717) is 17.6 Å². The number of piperazine rings is 1. The molecule has 2 aromatic rings. The van der Waals surface area contributed by atoms with Crippen molar-refractivity contribution in [3.8, 4) is 0 Å². The van der Waals surface area contributed by atoms with E-state index in [2.05, 4.69) is 26.3 Å². The lowest BCUT2D eigenvalue weighted by molar-refractivity contribution is 0.0957. The topological polar surface area (TPSA) is 81.3 Å².